The summed E-state index contributed by atoms with van der Waals surface area (Å²) in [6, 6.07) is 12.5. The van der Waals surface area contributed by atoms with Gasteiger partial charge in [0.2, 0.25) is 0 Å². The molecule has 6 nitrogen and oxygen atoms in total. The number of hydrogen-bond acceptors (Lipinski definition) is 5. The van der Waals surface area contributed by atoms with Gasteiger partial charge in [-0.25, -0.2) is 4.98 Å². The predicted molar refractivity (Wildman–Crippen MR) is 149 cm³/mol. The number of aryl methyl sites for hydroxylation is 2. The Balaban J connectivity index is 1.17. The number of ether oxygens (including phenoxy) is 2. The average molecular weight is 510 g/mol. The Hall–Kier alpha value is -3.54. The molecule has 196 valence electrons. The minimum absolute atomic E-state index is 0.00865. The van der Waals surface area contributed by atoms with Crippen LogP contribution in [0.4, 0.5) is 0 Å². The largest absolute Gasteiger partial charge is 0.494 e. The summed E-state index contributed by atoms with van der Waals surface area (Å²) in [6.07, 6.45) is 4.90. The molecule has 4 aliphatic rings. The Morgan fingerprint density at radius 3 is 2.55 bits per heavy atom. The number of piperidine rings is 1. The molecule has 6 heteroatoms. The maximum Gasteiger partial charge on any atom is 0.272 e. The quantitative estimate of drug-likeness (QED) is 0.462. The second-order valence-corrected chi connectivity index (χ2v) is 11.7. The average Bonchev–Trinajstić information content (AvgIpc) is 3.86. The Bertz CT molecular complexity index is 1510. The van der Waals surface area contributed by atoms with Crippen molar-refractivity contribution >= 4 is 22.5 Å². The molecule has 38 heavy (non-hydrogen) atoms. The van der Waals surface area contributed by atoms with Gasteiger partial charge in [0.25, 0.3) is 5.91 Å². The molecular weight excluding hydrogens is 474 g/mol. The minimum Gasteiger partial charge on any atom is -0.494 e. The summed E-state index contributed by atoms with van der Waals surface area (Å²) in [5.74, 6) is 2.78. The van der Waals surface area contributed by atoms with Crippen LogP contribution in [0.2, 0.25) is 0 Å². The van der Waals surface area contributed by atoms with Crippen molar-refractivity contribution in [3.05, 3.63) is 69.9 Å². The van der Waals surface area contributed by atoms with Crippen LogP contribution in [-0.2, 0) is 0 Å². The second-order valence-electron chi connectivity index (χ2n) is 11.7. The summed E-state index contributed by atoms with van der Waals surface area (Å²) >= 11 is 0. The van der Waals surface area contributed by atoms with E-state index >= 15 is 0 Å². The summed E-state index contributed by atoms with van der Waals surface area (Å²) in [7, 11) is 1.66. The number of aromatic nitrogens is 1. The summed E-state index contributed by atoms with van der Waals surface area (Å²) in [6.45, 7) is 7.81. The number of fused-ring (bicyclic) bond motifs is 2. The number of rotatable bonds is 3. The van der Waals surface area contributed by atoms with Crippen molar-refractivity contribution in [2.24, 2.45) is 5.92 Å². The molecule has 2 saturated carbocycles. The van der Waals surface area contributed by atoms with Crippen LogP contribution in [0.1, 0.15) is 77.7 Å². The number of carbonyl (C=O) groups is 1. The molecule has 0 radical (unpaired) electrons. The van der Waals surface area contributed by atoms with Gasteiger partial charge in [0.1, 0.15) is 22.7 Å². The van der Waals surface area contributed by atoms with E-state index < -0.39 is 5.72 Å². The first-order valence-corrected chi connectivity index (χ1v) is 13.9. The highest BCUT2D eigenvalue weighted by Gasteiger charge is 2.44. The van der Waals surface area contributed by atoms with Crippen molar-refractivity contribution in [1.29, 1.82) is 0 Å². The molecule has 1 aromatic heterocycles. The van der Waals surface area contributed by atoms with Crippen molar-refractivity contribution in [3.8, 4) is 11.5 Å². The molecule has 2 aliphatic carbocycles. The van der Waals surface area contributed by atoms with Crippen molar-refractivity contribution in [2.45, 2.75) is 64.5 Å². The zero-order valence-corrected chi connectivity index (χ0v) is 22.7. The molecule has 2 atom stereocenters. The van der Waals surface area contributed by atoms with Crippen molar-refractivity contribution in [2.75, 3.05) is 20.2 Å². The summed E-state index contributed by atoms with van der Waals surface area (Å²) in [4.78, 5) is 20.6. The summed E-state index contributed by atoms with van der Waals surface area (Å²) in [5, 5.41) is 4.89. The molecule has 1 unspecified atom stereocenters. The number of pyridine rings is 1. The molecule has 3 fully saturated rings. The van der Waals surface area contributed by atoms with E-state index in [9.17, 15) is 4.79 Å². The standard InChI is InChI=1S/C32H35N3O3/c1-18-14-25-28(16-19(18)2)38-32(34-29(25)21-8-9-21)10-12-35(13-11-32)31(36)26-17-24(23-15-20(23)3)22-6-5-7-27(37-4)30(22)33-26/h5-7,14,16-17,20,23,34H,8-13,15H2,1-4H3/t20?,23-/m1/s1. The molecule has 1 saturated heterocycles. The topological polar surface area (TPSA) is 63.7 Å². The van der Waals surface area contributed by atoms with Crippen LogP contribution >= 0.6 is 0 Å². The van der Waals surface area contributed by atoms with E-state index in [2.05, 4.69) is 44.3 Å². The summed E-state index contributed by atoms with van der Waals surface area (Å²) < 4.78 is 12.3. The number of carbonyl (C=O) groups excluding carboxylic acids is 1. The van der Waals surface area contributed by atoms with E-state index in [0.717, 1.165) is 48.8 Å². The molecule has 1 N–H and O–H groups in total. The number of hydrogen-bond donors (Lipinski definition) is 1. The fourth-order valence-electron chi connectivity index (χ4n) is 6.24. The Morgan fingerprint density at radius 1 is 1.13 bits per heavy atom. The molecule has 2 aromatic carbocycles. The summed E-state index contributed by atoms with van der Waals surface area (Å²) in [5.41, 5.74) is 8.47. The SMILES string of the molecule is COc1cccc2c([C@@H]3CC3C)cc(C(=O)N3CCC4(CC3)NC(=C3CC3)c3cc(C)c(C)cc3O4)nc12. The van der Waals surface area contributed by atoms with E-state index in [1.165, 1.54) is 33.5 Å². The molecular formula is C32H35N3O3. The number of likely N-dealkylation sites (tertiary alicyclic amines) is 1. The Labute approximate surface area is 224 Å². The lowest BCUT2D eigenvalue weighted by Gasteiger charge is -2.46. The lowest BCUT2D eigenvalue weighted by molar-refractivity contribution is -0.0148. The van der Waals surface area contributed by atoms with Gasteiger partial charge in [0.05, 0.1) is 7.11 Å². The molecule has 3 heterocycles. The van der Waals surface area contributed by atoms with Gasteiger partial charge < -0.3 is 19.7 Å². The number of nitrogens with zero attached hydrogens (tertiary/aromatic N) is 2. The van der Waals surface area contributed by atoms with Crippen LogP contribution in [0, 0.1) is 19.8 Å². The lowest BCUT2D eigenvalue weighted by Crippen LogP contribution is -2.59. The number of amides is 1. The zero-order chi connectivity index (χ0) is 26.2. The van der Waals surface area contributed by atoms with Gasteiger partial charge in [-0.05, 0) is 91.5 Å². The predicted octanol–water partition coefficient (Wildman–Crippen LogP) is 6.10. The number of allylic oxidation sites excluding steroid dienone is 1. The lowest BCUT2D eigenvalue weighted by atomic mass is 9.93. The Morgan fingerprint density at radius 2 is 1.87 bits per heavy atom. The van der Waals surface area contributed by atoms with Crippen molar-refractivity contribution in [1.82, 2.24) is 15.2 Å². The van der Waals surface area contributed by atoms with Crippen LogP contribution in [0.15, 0.2) is 42.0 Å². The highest BCUT2D eigenvalue weighted by Crippen LogP contribution is 2.50. The third kappa shape index (κ3) is 3.84. The normalized spacial score (nSPS) is 23.1. The van der Waals surface area contributed by atoms with E-state index in [0.29, 0.717) is 36.4 Å². The zero-order valence-electron chi connectivity index (χ0n) is 22.7. The van der Waals surface area contributed by atoms with E-state index in [-0.39, 0.29) is 5.91 Å². The Kier molecular flexibility index (Phi) is 5.26. The van der Waals surface area contributed by atoms with Gasteiger partial charge >= 0.3 is 0 Å². The van der Waals surface area contributed by atoms with Gasteiger partial charge in [-0.1, -0.05) is 19.1 Å². The first kappa shape index (κ1) is 23.6. The second kappa shape index (κ2) is 8.48. The highest BCUT2D eigenvalue weighted by molar-refractivity contribution is 5.97. The van der Waals surface area contributed by atoms with Crippen LogP contribution in [0.5, 0.6) is 11.5 Å². The third-order valence-corrected chi connectivity index (χ3v) is 9.02. The first-order valence-electron chi connectivity index (χ1n) is 13.9. The number of benzene rings is 2. The minimum atomic E-state index is -0.481. The molecule has 7 rings (SSSR count). The molecule has 3 aromatic rings. The van der Waals surface area contributed by atoms with Gasteiger partial charge in [0, 0.05) is 42.6 Å². The van der Waals surface area contributed by atoms with E-state index in [1.54, 1.807) is 7.11 Å². The maximum absolute atomic E-state index is 13.8. The van der Waals surface area contributed by atoms with E-state index in [4.69, 9.17) is 14.5 Å². The number of methoxy groups -OCH3 is 1. The van der Waals surface area contributed by atoms with Gasteiger partial charge in [-0.15, -0.1) is 0 Å². The molecule has 2 aliphatic heterocycles. The number of para-hydroxylation sites is 1. The van der Waals surface area contributed by atoms with Crippen molar-refractivity contribution < 1.29 is 14.3 Å². The van der Waals surface area contributed by atoms with Crippen LogP contribution < -0.4 is 14.8 Å². The maximum atomic E-state index is 13.8. The molecule has 1 spiro atoms. The fraction of sp³-hybridized carbons (Fsp3) is 0.438. The van der Waals surface area contributed by atoms with Crippen LogP contribution in [-0.4, -0.2) is 41.7 Å². The number of nitrogens with one attached hydrogen (secondary N) is 1. The molecule has 0 bridgehead atoms. The van der Waals surface area contributed by atoms with E-state index in [1.807, 2.05) is 23.1 Å². The monoisotopic (exact) mass is 509 g/mol. The fourth-order valence-corrected chi connectivity index (χ4v) is 6.24. The van der Waals surface area contributed by atoms with Crippen LogP contribution in [0.25, 0.3) is 16.6 Å². The first-order chi connectivity index (χ1) is 18.4. The smallest absolute Gasteiger partial charge is 0.272 e. The third-order valence-electron chi connectivity index (χ3n) is 9.02. The van der Waals surface area contributed by atoms with Gasteiger partial charge in [-0.3, -0.25) is 4.79 Å². The van der Waals surface area contributed by atoms with Crippen LogP contribution in [0.3, 0.4) is 0 Å². The van der Waals surface area contributed by atoms with Gasteiger partial charge in [0.15, 0.2) is 5.72 Å². The van der Waals surface area contributed by atoms with Crippen molar-refractivity contribution in [3.63, 3.8) is 0 Å². The highest BCUT2D eigenvalue weighted by atomic mass is 16.5. The van der Waals surface area contributed by atoms with Gasteiger partial charge in [-0.2, -0.15) is 0 Å². The molecule has 1 amide bonds.